The molecule has 0 unspecified atom stereocenters. The minimum atomic E-state index is -0.116. The van der Waals surface area contributed by atoms with Gasteiger partial charge < -0.3 is 4.90 Å². The third kappa shape index (κ3) is 3.89. The van der Waals surface area contributed by atoms with Gasteiger partial charge in [-0.25, -0.2) is 4.98 Å². The van der Waals surface area contributed by atoms with Gasteiger partial charge in [-0.15, -0.1) is 0 Å². The number of pyridine rings is 1. The number of aromatic nitrogens is 1. The van der Waals surface area contributed by atoms with Crippen LogP contribution in [-0.2, 0) is 5.41 Å². The van der Waals surface area contributed by atoms with Crippen molar-refractivity contribution in [3.05, 3.63) is 28.5 Å². The molecule has 0 aromatic carbocycles. The first kappa shape index (κ1) is 15.6. The number of carbonyl (C=O) groups is 1. The van der Waals surface area contributed by atoms with Crippen LogP contribution in [0.1, 0.15) is 43.2 Å². The fourth-order valence-electron chi connectivity index (χ4n) is 2.14. The zero-order chi connectivity index (χ0) is 14.8. The van der Waals surface area contributed by atoms with Gasteiger partial charge in [-0.3, -0.25) is 4.79 Å². The van der Waals surface area contributed by atoms with E-state index in [9.17, 15) is 4.79 Å². The molecule has 0 saturated carbocycles. The van der Waals surface area contributed by atoms with Gasteiger partial charge in [0.05, 0.1) is 0 Å². The SMILES string of the molecule is CC(C)(C)c1cc(C(=O)N2CCCSCC2)cc(Cl)n1. The van der Waals surface area contributed by atoms with E-state index in [0.717, 1.165) is 36.7 Å². The molecule has 0 spiro atoms. The summed E-state index contributed by atoms with van der Waals surface area (Å²) in [6, 6.07) is 3.56. The normalized spacial score (nSPS) is 16.9. The fourth-order valence-corrected chi connectivity index (χ4v) is 3.23. The molecule has 1 aliphatic heterocycles. The number of amides is 1. The lowest BCUT2D eigenvalue weighted by molar-refractivity contribution is 0.0768. The molecule has 1 fully saturated rings. The molecule has 5 heteroatoms. The maximum Gasteiger partial charge on any atom is 0.254 e. The van der Waals surface area contributed by atoms with E-state index in [2.05, 4.69) is 25.8 Å². The van der Waals surface area contributed by atoms with Crippen LogP contribution in [0.25, 0.3) is 0 Å². The number of hydrogen-bond donors (Lipinski definition) is 0. The Morgan fingerprint density at radius 2 is 2.05 bits per heavy atom. The Bertz CT molecular complexity index is 491. The Balaban J connectivity index is 2.27. The molecule has 1 saturated heterocycles. The van der Waals surface area contributed by atoms with Gasteiger partial charge in [0, 0.05) is 35.5 Å². The Morgan fingerprint density at radius 1 is 1.30 bits per heavy atom. The van der Waals surface area contributed by atoms with E-state index in [-0.39, 0.29) is 11.3 Å². The molecular weight excluding hydrogens is 292 g/mol. The second-order valence-electron chi connectivity index (χ2n) is 6.07. The molecule has 1 aromatic heterocycles. The molecule has 1 aromatic rings. The van der Waals surface area contributed by atoms with E-state index in [1.807, 2.05) is 22.7 Å². The summed E-state index contributed by atoms with van der Waals surface area (Å²) in [5.41, 5.74) is 1.40. The van der Waals surface area contributed by atoms with Crippen LogP contribution < -0.4 is 0 Å². The molecule has 2 rings (SSSR count). The number of halogens is 1. The summed E-state index contributed by atoms with van der Waals surface area (Å²) in [7, 11) is 0. The largest absolute Gasteiger partial charge is 0.338 e. The summed E-state index contributed by atoms with van der Waals surface area (Å²) in [4.78, 5) is 18.9. The van der Waals surface area contributed by atoms with Gasteiger partial charge in [-0.05, 0) is 24.3 Å². The highest BCUT2D eigenvalue weighted by Gasteiger charge is 2.22. The minimum Gasteiger partial charge on any atom is -0.338 e. The standard InChI is InChI=1S/C15H21ClN2OS/c1-15(2,3)12-9-11(10-13(16)17-12)14(19)18-5-4-7-20-8-6-18/h9-10H,4-8H2,1-3H3. The molecular formula is C15H21ClN2OS. The van der Waals surface area contributed by atoms with E-state index in [0.29, 0.717) is 10.7 Å². The number of nitrogens with zero attached hydrogens (tertiary/aromatic N) is 2. The quantitative estimate of drug-likeness (QED) is 0.743. The van der Waals surface area contributed by atoms with E-state index in [1.165, 1.54) is 0 Å². The summed E-state index contributed by atoms with van der Waals surface area (Å²) < 4.78 is 0. The van der Waals surface area contributed by atoms with Crippen molar-refractivity contribution in [3.63, 3.8) is 0 Å². The molecule has 1 aliphatic rings. The zero-order valence-corrected chi connectivity index (χ0v) is 13.9. The smallest absolute Gasteiger partial charge is 0.254 e. The van der Waals surface area contributed by atoms with Crippen molar-refractivity contribution in [3.8, 4) is 0 Å². The Kier molecular flexibility index (Phi) is 4.97. The first-order chi connectivity index (χ1) is 9.38. The average Bonchev–Trinajstić information content (AvgIpc) is 2.65. The Hall–Kier alpha value is -0.740. The molecule has 20 heavy (non-hydrogen) atoms. The Labute approximate surface area is 130 Å². The summed E-state index contributed by atoms with van der Waals surface area (Å²) in [6.45, 7) is 7.86. The van der Waals surface area contributed by atoms with Crippen molar-refractivity contribution >= 4 is 29.3 Å². The van der Waals surface area contributed by atoms with Gasteiger partial charge in [-0.2, -0.15) is 11.8 Å². The molecule has 0 atom stereocenters. The first-order valence-electron chi connectivity index (χ1n) is 6.93. The molecule has 0 N–H and O–H groups in total. The predicted octanol–water partition coefficient (Wildman–Crippen LogP) is 3.61. The molecule has 2 heterocycles. The number of carbonyl (C=O) groups excluding carboxylic acids is 1. The summed E-state index contributed by atoms with van der Waals surface area (Å²) in [6.07, 6.45) is 1.06. The molecule has 0 bridgehead atoms. The second kappa shape index (κ2) is 6.35. The molecule has 110 valence electrons. The van der Waals surface area contributed by atoms with Gasteiger partial charge in [0.15, 0.2) is 0 Å². The second-order valence-corrected chi connectivity index (χ2v) is 7.68. The van der Waals surface area contributed by atoms with Crippen LogP contribution in [0.4, 0.5) is 0 Å². The number of rotatable bonds is 1. The maximum atomic E-state index is 12.6. The van der Waals surface area contributed by atoms with Crippen LogP contribution in [0.2, 0.25) is 5.15 Å². The average molecular weight is 313 g/mol. The van der Waals surface area contributed by atoms with E-state index in [4.69, 9.17) is 11.6 Å². The van der Waals surface area contributed by atoms with Gasteiger partial charge in [0.2, 0.25) is 0 Å². The lowest BCUT2D eigenvalue weighted by atomic mass is 9.91. The van der Waals surface area contributed by atoms with E-state index in [1.54, 1.807) is 6.07 Å². The lowest BCUT2D eigenvalue weighted by Crippen LogP contribution is -2.33. The highest BCUT2D eigenvalue weighted by molar-refractivity contribution is 7.99. The third-order valence-electron chi connectivity index (χ3n) is 3.32. The van der Waals surface area contributed by atoms with Crippen LogP contribution in [0.15, 0.2) is 12.1 Å². The minimum absolute atomic E-state index is 0.0716. The van der Waals surface area contributed by atoms with E-state index >= 15 is 0 Å². The van der Waals surface area contributed by atoms with Gasteiger partial charge >= 0.3 is 0 Å². The highest BCUT2D eigenvalue weighted by Crippen LogP contribution is 2.24. The monoisotopic (exact) mass is 312 g/mol. The maximum absolute atomic E-state index is 12.6. The van der Waals surface area contributed by atoms with Gasteiger partial charge in [0.1, 0.15) is 5.15 Å². The van der Waals surface area contributed by atoms with Crippen molar-refractivity contribution in [2.45, 2.75) is 32.6 Å². The molecule has 0 aliphatic carbocycles. The highest BCUT2D eigenvalue weighted by atomic mass is 35.5. The van der Waals surface area contributed by atoms with Crippen molar-refractivity contribution in [2.24, 2.45) is 0 Å². The predicted molar refractivity (Wildman–Crippen MR) is 85.8 cm³/mol. The topological polar surface area (TPSA) is 33.2 Å². The zero-order valence-electron chi connectivity index (χ0n) is 12.3. The van der Waals surface area contributed by atoms with E-state index < -0.39 is 0 Å². The van der Waals surface area contributed by atoms with Crippen LogP contribution in [0.3, 0.4) is 0 Å². The van der Waals surface area contributed by atoms with Crippen molar-refractivity contribution in [1.82, 2.24) is 9.88 Å². The van der Waals surface area contributed by atoms with Crippen LogP contribution in [0.5, 0.6) is 0 Å². The molecule has 0 radical (unpaired) electrons. The van der Waals surface area contributed by atoms with Crippen molar-refractivity contribution < 1.29 is 4.79 Å². The fraction of sp³-hybridized carbons (Fsp3) is 0.600. The summed E-state index contributed by atoms with van der Waals surface area (Å²) in [5, 5.41) is 0.393. The van der Waals surface area contributed by atoms with Crippen molar-refractivity contribution in [1.29, 1.82) is 0 Å². The van der Waals surface area contributed by atoms with Gasteiger partial charge in [-0.1, -0.05) is 32.4 Å². The van der Waals surface area contributed by atoms with Crippen LogP contribution in [0, 0.1) is 0 Å². The number of thioether (sulfide) groups is 1. The third-order valence-corrected chi connectivity index (χ3v) is 4.56. The molecule has 1 amide bonds. The first-order valence-corrected chi connectivity index (χ1v) is 8.46. The van der Waals surface area contributed by atoms with Crippen molar-refractivity contribution in [2.75, 3.05) is 24.6 Å². The van der Waals surface area contributed by atoms with Crippen LogP contribution >= 0.6 is 23.4 Å². The summed E-state index contributed by atoms with van der Waals surface area (Å²) in [5.74, 6) is 2.22. The Morgan fingerprint density at radius 3 is 2.75 bits per heavy atom. The van der Waals surface area contributed by atoms with Gasteiger partial charge in [0.25, 0.3) is 5.91 Å². The lowest BCUT2D eigenvalue weighted by Gasteiger charge is -2.22. The van der Waals surface area contributed by atoms with Crippen LogP contribution in [-0.4, -0.2) is 40.4 Å². The summed E-state index contributed by atoms with van der Waals surface area (Å²) >= 11 is 8.00. The number of hydrogen-bond acceptors (Lipinski definition) is 3. The molecule has 3 nitrogen and oxygen atoms in total.